The van der Waals surface area contributed by atoms with Gasteiger partial charge in [0.05, 0.1) is 21.0 Å². The quantitative estimate of drug-likeness (QED) is 0.374. The summed E-state index contributed by atoms with van der Waals surface area (Å²) in [5, 5.41) is 12.4. The Bertz CT molecular complexity index is 865. The molecule has 6 heteroatoms. The third-order valence-corrected chi connectivity index (χ3v) is 3.82. The van der Waals surface area contributed by atoms with Gasteiger partial charge in [-0.1, -0.05) is 53.5 Å². The zero-order valence-electron chi connectivity index (χ0n) is 10.6. The average molecular weight is 319 g/mol. The van der Waals surface area contributed by atoms with Gasteiger partial charge in [-0.15, -0.1) is 0 Å². The minimum atomic E-state index is -0.461. The summed E-state index contributed by atoms with van der Waals surface area (Å²) in [5.41, 5.74) is 1.33. The van der Waals surface area contributed by atoms with Crippen molar-refractivity contribution in [3.63, 3.8) is 0 Å². The van der Waals surface area contributed by atoms with Crippen molar-refractivity contribution in [2.75, 3.05) is 0 Å². The number of para-hydroxylation sites is 2. The van der Waals surface area contributed by atoms with Crippen LogP contribution in [0.4, 0.5) is 5.69 Å². The van der Waals surface area contributed by atoms with E-state index in [2.05, 4.69) is 4.98 Å². The first kappa shape index (κ1) is 13.8. The van der Waals surface area contributed by atoms with E-state index < -0.39 is 4.92 Å². The molecule has 0 saturated carbocycles. The summed E-state index contributed by atoms with van der Waals surface area (Å²) in [4.78, 5) is 15.0. The van der Waals surface area contributed by atoms with E-state index in [0.717, 1.165) is 0 Å². The number of nitrogens with zero attached hydrogens (tertiary/aromatic N) is 2. The highest BCUT2D eigenvalue weighted by atomic mass is 35.5. The summed E-state index contributed by atoms with van der Waals surface area (Å²) >= 11 is 12.6. The van der Waals surface area contributed by atoms with Crippen molar-refractivity contribution in [1.29, 1.82) is 0 Å². The molecule has 0 radical (unpaired) electrons. The van der Waals surface area contributed by atoms with E-state index in [1.807, 2.05) is 12.1 Å². The van der Waals surface area contributed by atoms with Gasteiger partial charge in [-0.25, -0.2) is 4.98 Å². The Morgan fingerprint density at radius 3 is 2.43 bits per heavy atom. The number of halogens is 2. The Morgan fingerprint density at radius 2 is 1.67 bits per heavy atom. The highest BCUT2D eigenvalue weighted by molar-refractivity contribution is 6.42. The molecule has 0 N–H and O–H groups in total. The highest BCUT2D eigenvalue weighted by Crippen LogP contribution is 2.41. The topological polar surface area (TPSA) is 56.0 Å². The molecule has 3 aromatic rings. The zero-order chi connectivity index (χ0) is 15.0. The fourth-order valence-electron chi connectivity index (χ4n) is 2.22. The maximum absolute atomic E-state index is 11.2. The lowest BCUT2D eigenvalue weighted by Crippen LogP contribution is -1.94. The van der Waals surface area contributed by atoms with Gasteiger partial charge in [-0.3, -0.25) is 10.1 Å². The third-order valence-electron chi connectivity index (χ3n) is 3.15. The summed E-state index contributed by atoms with van der Waals surface area (Å²) in [5.74, 6) is 0. The monoisotopic (exact) mass is 318 g/mol. The molecule has 2 aromatic carbocycles. The van der Waals surface area contributed by atoms with Crippen LogP contribution in [-0.2, 0) is 0 Å². The Morgan fingerprint density at radius 1 is 1.00 bits per heavy atom. The fraction of sp³-hybridized carbons (Fsp3) is 0. The smallest absolute Gasteiger partial charge is 0.258 e. The molecule has 0 atom stereocenters. The zero-order valence-corrected chi connectivity index (χ0v) is 12.1. The van der Waals surface area contributed by atoms with Crippen molar-refractivity contribution < 1.29 is 4.92 Å². The molecule has 3 rings (SSSR count). The number of benzene rings is 2. The molecule has 0 saturated heterocycles. The summed E-state index contributed by atoms with van der Waals surface area (Å²) in [7, 11) is 0. The second-order valence-corrected chi connectivity index (χ2v) is 5.12. The average Bonchev–Trinajstić information content (AvgIpc) is 2.47. The van der Waals surface area contributed by atoms with Crippen molar-refractivity contribution in [2.24, 2.45) is 0 Å². The molecule has 0 fully saturated rings. The van der Waals surface area contributed by atoms with Crippen LogP contribution in [0.1, 0.15) is 0 Å². The van der Waals surface area contributed by atoms with E-state index in [1.165, 1.54) is 6.07 Å². The molecule has 0 unspecified atom stereocenters. The van der Waals surface area contributed by atoms with Crippen LogP contribution in [0, 0.1) is 10.1 Å². The molecule has 0 aliphatic rings. The Hall–Kier alpha value is -2.17. The van der Waals surface area contributed by atoms with Crippen LogP contribution in [0.25, 0.3) is 22.0 Å². The van der Waals surface area contributed by atoms with E-state index in [0.29, 0.717) is 27.1 Å². The van der Waals surface area contributed by atoms with Crippen LogP contribution in [0.3, 0.4) is 0 Å². The number of fused-ring (bicyclic) bond motifs is 1. The van der Waals surface area contributed by atoms with Crippen LogP contribution < -0.4 is 0 Å². The van der Waals surface area contributed by atoms with Gasteiger partial charge < -0.3 is 0 Å². The first-order valence-electron chi connectivity index (χ1n) is 6.07. The number of hydrogen-bond acceptors (Lipinski definition) is 3. The Kier molecular flexibility index (Phi) is 3.49. The second kappa shape index (κ2) is 5.31. The predicted molar refractivity (Wildman–Crippen MR) is 83.9 cm³/mol. The van der Waals surface area contributed by atoms with E-state index in [4.69, 9.17) is 23.2 Å². The first-order valence-corrected chi connectivity index (χ1v) is 6.82. The molecular formula is C15H8Cl2N2O2. The summed E-state index contributed by atoms with van der Waals surface area (Å²) in [6.07, 6.45) is 0. The van der Waals surface area contributed by atoms with Crippen molar-refractivity contribution in [3.8, 4) is 11.1 Å². The third kappa shape index (κ3) is 2.33. The summed E-state index contributed by atoms with van der Waals surface area (Å²) < 4.78 is 0. The van der Waals surface area contributed by atoms with Gasteiger partial charge in [-0.05, 0) is 12.1 Å². The SMILES string of the molecule is O=[N+]([O-])c1ccccc1-c1c(Cl)nc2ccccc2c1Cl. The van der Waals surface area contributed by atoms with Crippen molar-refractivity contribution in [2.45, 2.75) is 0 Å². The van der Waals surface area contributed by atoms with Gasteiger partial charge in [-0.2, -0.15) is 0 Å². The van der Waals surface area contributed by atoms with E-state index in [-0.39, 0.29) is 10.8 Å². The number of aromatic nitrogens is 1. The lowest BCUT2D eigenvalue weighted by atomic mass is 10.0. The highest BCUT2D eigenvalue weighted by Gasteiger charge is 2.21. The number of rotatable bonds is 2. The van der Waals surface area contributed by atoms with Gasteiger partial charge in [0.2, 0.25) is 0 Å². The largest absolute Gasteiger partial charge is 0.277 e. The van der Waals surface area contributed by atoms with E-state index >= 15 is 0 Å². The number of nitro groups is 1. The lowest BCUT2D eigenvalue weighted by Gasteiger charge is -2.10. The van der Waals surface area contributed by atoms with Gasteiger partial charge >= 0.3 is 0 Å². The van der Waals surface area contributed by atoms with Crippen molar-refractivity contribution >= 4 is 39.8 Å². The van der Waals surface area contributed by atoms with Crippen LogP contribution in [0.5, 0.6) is 0 Å². The van der Waals surface area contributed by atoms with Crippen molar-refractivity contribution in [1.82, 2.24) is 4.98 Å². The molecule has 1 heterocycles. The number of hydrogen-bond donors (Lipinski definition) is 0. The lowest BCUT2D eigenvalue weighted by molar-refractivity contribution is -0.384. The van der Waals surface area contributed by atoms with Gasteiger partial charge in [0, 0.05) is 17.0 Å². The predicted octanol–water partition coefficient (Wildman–Crippen LogP) is 5.12. The molecule has 0 bridgehead atoms. The Labute approximate surface area is 130 Å². The molecule has 0 aliphatic heterocycles. The minimum Gasteiger partial charge on any atom is -0.258 e. The van der Waals surface area contributed by atoms with Gasteiger partial charge in [0.15, 0.2) is 0 Å². The molecule has 1 aromatic heterocycles. The van der Waals surface area contributed by atoms with Crippen LogP contribution in [-0.4, -0.2) is 9.91 Å². The Balaban J connectivity index is 2.38. The molecule has 4 nitrogen and oxygen atoms in total. The van der Waals surface area contributed by atoms with Crippen LogP contribution >= 0.6 is 23.2 Å². The standard InChI is InChI=1S/C15H8Cl2N2O2/c16-14-9-5-1-3-7-11(9)18-15(17)13(14)10-6-2-4-8-12(10)19(20)21/h1-8H. The maximum atomic E-state index is 11.2. The van der Waals surface area contributed by atoms with Gasteiger partial charge in [0.25, 0.3) is 5.69 Å². The van der Waals surface area contributed by atoms with Crippen LogP contribution in [0.15, 0.2) is 48.5 Å². The summed E-state index contributed by atoms with van der Waals surface area (Å²) in [6.45, 7) is 0. The fourth-order valence-corrected chi connectivity index (χ4v) is 2.90. The molecule has 21 heavy (non-hydrogen) atoms. The number of pyridine rings is 1. The maximum Gasteiger partial charge on any atom is 0.277 e. The molecule has 104 valence electrons. The van der Waals surface area contributed by atoms with Crippen LogP contribution in [0.2, 0.25) is 10.2 Å². The van der Waals surface area contributed by atoms with E-state index in [1.54, 1.807) is 30.3 Å². The van der Waals surface area contributed by atoms with E-state index in [9.17, 15) is 10.1 Å². The first-order chi connectivity index (χ1) is 10.1. The van der Waals surface area contributed by atoms with Gasteiger partial charge in [0.1, 0.15) is 5.15 Å². The molecule has 0 amide bonds. The minimum absolute atomic E-state index is 0.0571. The number of nitro benzene ring substituents is 1. The molecule has 0 aliphatic carbocycles. The normalized spacial score (nSPS) is 10.8. The van der Waals surface area contributed by atoms with Crippen molar-refractivity contribution in [3.05, 3.63) is 68.8 Å². The molecular weight excluding hydrogens is 311 g/mol. The molecule has 0 spiro atoms. The summed E-state index contributed by atoms with van der Waals surface area (Å²) in [6, 6.07) is 13.6. The second-order valence-electron chi connectivity index (χ2n) is 4.38.